The van der Waals surface area contributed by atoms with Crippen molar-refractivity contribution in [1.29, 1.82) is 0 Å². The lowest BCUT2D eigenvalue weighted by Crippen LogP contribution is -2.23. The Kier molecular flexibility index (Phi) is 6.34. The van der Waals surface area contributed by atoms with Crippen molar-refractivity contribution in [2.75, 3.05) is 5.73 Å². The van der Waals surface area contributed by atoms with E-state index in [4.69, 9.17) is 22.1 Å². The molecule has 2 heterocycles. The third-order valence-electron chi connectivity index (χ3n) is 5.27. The van der Waals surface area contributed by atoms with Gasteiger partial charge < -0.3 is 15.0 Å². The Balaban J connectivity index is 1.61. The maximum atomic E-state index is 12.9. The molecule has 0 saturated heterocycles. The summed E-state index contributed by atoms with van der Waals surface area (Å²) >= 11 is 6.53. The Morgan fingerprint density at radius 1 is 1.03 bits per heavy atom. The molecule has 2 N–H and O–H groups in total. The average molecular weight is 486 g/mol. The maximum absolute atomic E-state index is 12.9. The summed E-state index contributed by atoms with van der Waals surface area (Å²) in [4.78, 5) is 17.1. The van der Waals surface area contributed by atoms with Crippen LogP contribution in [0.5, 0.6) is 11.5 Å². The number of nitrogens with two attached hydrogens (primary N) is 1. The molecule has 0 aliphatic heterocycles. The summed E-state index contributed by atoms with van der Waals surface area (Å²) in [7, 11) is 0. The Morgan fingerprint density at radius 2 is 1.74 bits per heavy atom. The Morgan fingerprint density at radius 3 is 2.38 bits per heavy atom. The SMILES string of the molecule is CC(c1cccc(N)n1)n1ccc(-c2cccc(Oc3ccc(C(F)(F)F)cc3)c2Cl)cc1=O. The minimum Gasteiger partial charge on any atom is -0.456 e. The van der Waals surface area contributed by atoms with E-state index in [2.05, 4.69) is 4.98 Å². The van der Waals surface area contributed by atoms with Crippen LogP contribution in [-0.4, -0.2) is 9.55 Å². The number of benzene rings is 2. The first kappa shape index (κ1) is 23.4. The van der Waals surface area contributed by atoms with E-state index in [1.807, 2.05) is 6.92 Å². The number of ether oxygens (including phenoxy) is 1. The minimum atomic E-state index is -4.43. The number of nitrogen functional groups attached to an aromatic ring is 1. The zero-order chi connectivity index (χ0) is 24.5. The molecule has 0 radical (unpaired) electrons. The third-order valence-corrected chi connectivity index (χ3v) is 5.66. The molecule has 5 nitrogen and oxygen atoms in total. The zero-order valence-electron chi connectivity index (χ0n) is 17.9. The van der Waals surface area contributed by atoms with E-state index >= 15 is 0 Å². The molecule has 34 heavy (non-hydrogen) atoms. The van der Waals surface area contributed by atoms with Crippen molar-refractivity contribution >= 4 is 17.4 Å². The highest BCUT2D eigenvalue weighted by molar-refractivity contribution is 6.34. The van der Waals surface area contributed by atoms with Gasteiger partial charge in [-0.15, -0.1) is 0 Å². The van der Waals surface area contributed by atoms with E-state index in [-0.39, 0.29) is 28.1 Å². The van der Waals surface area contributed by atoms with E-state index in [1.165, 1.54) is 22.8 Å². The lowest BCUT2D eigenvalue weighted by atomic mass is 10.1. The van der Waals surface area contributed by atoms with Crippen molar-refractivity contribution in [1.82, 2.24) is 9.55 Å². The molecule has 2 aromatic heterocycles. The molecule has 0 fully saturated rings. The zero-order valence-corrected chi connectivity index (χ0v) is 18.6. The van der Waals surface area contributed by atoms with Crippen LogP contribution in [0, 0.1) is 0 Å². The van der Waals surface area contributed by atoms with Crippen LogP contribution in [0.15, 0.2) is 83.8 Å². The smallest absolute Gasteiger partial charge is 0.416 e. The fraction of sp³-hybridized carbons (Fsp3) is 0.120. The first-order valence-corrected chi connectivity index (χ1v) is 10.6. The second kappa shape index (κ2) is 9.23. The number of pyridine rings is 2. The Hall–Kier alpha value is -3.78. The van der Waals surface area contributed by atoms with E-state index in [0.717, 1.165) is 12.1 Å². The largest absolute Gasteiger partial charge is 0.456 e. The Labute approximate surface area is 198 Å². The molecular weight excluding hydrogens is 467 g/mol. The first-order chi connectivity index (χ1) is 16.1. The number of hydrogen-bond acceptors (Lipinski definition) is 4. The minimum absolute atomic E-state index is 0.200. The van der Waals surface area contributed by atoms with Gasteiger partial charge in [-0.1, -0.05) is 29.8 Å². The standard InChI is InChI=1S/C25H19ClF3N3O2/c1-15(20-5-3-7-22(30)31-20)32-13-12-16(14-23(32)33)19-4-2-6-21(24(19)26)34-18-10-8-17(9-11-18)25(27,28)29/h2-15H,1H3,(H2,30,31). The summed E-state index contributed by atoms with van der Waals surface area (Å²) < 4.78 is 45.6. The molecule has 1 atom stereocenters. The molecule has 2 aromatic carbocycles. The molecule has 0 amide bonds. The van der Waals surface area contributed by atoms with Crippen LogP contribution < -0.4 is 16.0 Å². The molecule has 0 saturated carbocycles. The summed E-state index contributed by atoms with van der Waals surface area (Å²) in [5.74, 6) is 0.817. The number of halogens is 4. The van der Waals surface area contributed by atoms with Crippen molar-refractivity contribution < 1.29 is 17.9 Å². The van der Waals surface area contributed by atoms with Gasteiger partial charge in [-0.05, 0) is 61.0 Å². The van der Waals surface area contributed by atoms with Crippen LogP contribution >= 0.6 is 11.6 Å². The molecule has 9 heteroatoms. The normalized spacial score (nSPS) is 12.4. The second-order valence-corrected chi connectivity index (χ2v) is 7.94. The van der Waals surface area contributed by atoms with Crippen molar-refractivity contribution in [2.45, 2.75) is 19.1 Å². The predicted octanol–water partition coefficient (Wildman–Crippen LogP) is 6.57. The van der Waals surface area contributed by atoms with Gasteiger partial charge in [0.25, 0.3) is 5.56 Å². The van der Waals surface area contributed by atoms with E-state index in [1.54, 1.807) is 48.7 Å². The fourth-order valence-corrected chi connectivity index (χ4v) is 3.75. The third kappa shape index (κ3) is 4.92. The van der Waals surface area contributed by atoms with E-state index in [0.29, 0.717) is 22.6 Å². The molecule has 0 bridgehead atoms. The summed E-state index contributed by atoms with van der Waals surface area (Å²) in [5.41, 5.74) is 6.48. The van der Waals surface area contributed by atoms with Crippen LogP contribution in [-0.2, 0) is 6.18 Å². The summed E-state index contributed by atoms with van der Waals surface area (Å²) in [5, 5.41) is 0.227. The molecule has 0 aliphatic rings. The average Bonchev–Trinajstić information content (AvgIpc) is 2.80. The van der Waals surface area contributed by atoms with Gasteiger partial charge in [0.1, 0.15) is 17.3 Å². The number of rotatable bonds is 5. The topological polar surface area (TPSA) is 70.1 Å². The molecule has 0 aliphatic carbocycles. The van der Waals surface area contributed by atoms with Gasteiger partial charge in [-0.3, -0.25) is 4.79 Å². The summed E-state index contributed by atoms with van der Waals surface area (Å²) in [6, 6.07) is 17.4. The van der Waals surface area contributed by atoms with Gasteiger partial charge in [0.15, 0.2) is 0 Å². The van der Waals surface area contributed by atoms with Gasteiger partial charge in [0, 0.05) is 17.8 Å². The predicted molar refractivity (Wildman–Crippen MR) is 125 cm³/mol. The highest BCUT2D eigenvalue weighted by Gasteiger charge is 2.30. The highest BCUT2D eigenvalue weighted by Crippen LogP contribution is 2.38. The van der Waals surface area contributed by atoms with Gasteiger partial charge in [-0.2, -0.15) is 13.2 Å². The second-order valence-electron chi connectivity index (χ2n) is 7.57. The van der Waals surface area contributed by atoms with Crippen molar-refractivity contribution in [3.8, 4) is 22.6 Å². The quantitative estimate of drug-likeness (QED) is 0.347. The molecule has 174 valence electrons. The molecule has 4 rings (SSSR count). The van der Waals surface area contributed by atoms with Crippen LogP contribution in [0.1, 0.15) is 24.2 Å². The van der Waals surface area contributed by atoms with E-state index in [9.17, 15) is 18.0 Å². The lowest BCUT2D eigenvalue weighted by molar-refractivity contribution is -0.137. The molecule has 1 unspecified atom stereocenters. The lowest BCUT2D eigenvalue weighted by Gasteiger charge is -2.16. The van der Waals surface area contributed by atoms with Gasteiger partial charge >= 0.3 is 6.18 Å². The highest BCUT2D eigenvalue weighted by atomic mass is 35.5. The van der Waals surface area contributed by atoms with Crippen LogP contribution in [0.3, 0.4) is 0 Å². The number of anilines is 1. The number of hydrogen-bond donors (Lipinski definition) is 1. The van der Waals surface area contributed by atoms with Crippen molar-refractivity contribution in [3.63, 3.8) is 0 Å². The number of aromatic nitrogens is 2. The first-order valence-electron chi connectivity index (χ1n) is 10.2. The van der Waals surface area contributed by atoms with Crippen LogP contribution in [0.2, 0.25) is 5.02 Å². The Bertz CT molecular complexity index is 1390. The number of nitrogens with zero attached hydrogens (tertiary/aromatic N) is 2. The monoisotopic (exact) mass is 485 g/mol. The van der Waals surface area contributed by atoms with Crippen LogP contribution in [0.4, 0.5) is 19.0 Å². The summed E-state index contributed by atoms with van der Waals surface area (Å²) in [6.45, 7) is 1.84. The van der Waals surface area contributed by atoms with Gasteiger partial charge in [0.2, 0.25) is 0 Å². The summed E-state index contributed by atoms with van der Waals surface area (Å²) in [6.07, 6.45) is -2.79. The van der Waals surface area contributed by atoms with Crippen molar-refractivity contribution in [3.05, 3.63) is 106 Å². The fourth-order valence-electron chi connectivity index (χ4n) is 3.47. The molecular formula is C25H19ClF3N3O2. The van der Waals surface area contributed by atoms with Gasteiger partial charge in [-0.25, -0.2) is 4.98 Å². The van der Waals surface area contributed by atoms with Crippen LogP contribution in [0.25, 0.3) is 11.1 Å². The maximum Gasteiger partial charge on any atom is 0.416 e. The van der Waals surface area contributed by atoms with E-state index < -0.39 is 11.7 Å². The number of alkyl halides is 3. The van der Waals surface area contributed by atoms with Crippen molar-refractivity contribution in [2.24, 2.45) is 0 Å². The van der Waals surface area contributed by atoms with Gasteiger partial charge in [0.05, 0.1) is 22.3 Å². The molecule has 4 aromatic rings. The molecule has 0 spiro atoms.